The molecule has 1 unspecified atom stereocenters. The van der Waals surface area contributed by atoms with Gasteiger partial charge in [0.05, 0.1) is 11.9 Å². The minimum atomic E-state index is 0.0803. The molecular weight excluding hydrogens is 190 g/mol. The summed E-state index contributed by atoms with van der Waals surface area (Å²) in [7, 11) is 0. The van der Waals surface area contributed by atoms with Crippen LogP contribution >= 0.6 is 0 Å². The Morgan fingerprint density at radius 2 is 2.60 bits per heavy atom. The minimum absolute atomic E-state index is 0.0803. The molecule has 1 saturated heterocycles. The van der Waals surface area contributed by atoms with E-state index in [1.165, 1.54) is 0 Å². The Morgan fingerprint density at radius 3 is 3.27 bits per heavy atom. The second-order valence-corrected chi connectivity index (χ2v) is 3.85. The Labute approximate surface area is 89.1 Å². The zero-order valence-corrected chi connectivity index (χ0v) is 8.57. The molecule has 1 aliphatic heterocycles. The number of aromatic nitrogens is 1. The van der Waals surface area contributed by atoms with Gasteiger partial charge in [-0.15, -0.1) is 0 Å². The fraction of sp³-hybridized carbons (Fsp3) is 0.455. The zero-order chi connectivity index (χ0) is 10.5. The molecule has 2 rings (SSSR count). The van der Waals surface area contributed by atoms with Gasteiger partial charge in [-0.3, -0.25) is 9.78 Å². The van der Waals surface area contributed by atoms with Gasteiger partial charge in [-0.05, 0) is 37.6 Å². The molecule has 1 aliphatic rings. The Kier molecular flexibility index (Phi) is 3.29. The third-order valence-electron chi connectivity index (χ3n) is 2.58. The van der Waals surface area contributed by atoms with Crippen molar-refractivity contribution in [1.82, 2.24) is 10.3 Å². The van der Waals surface area contributed by atoms with Crippen molar-refractivity contribution in [2.75, 3.05) is 18.4 Å². The van der Waals surface area contributed by atoms with E-state index < -0.39 is 0 Å². The lowest BCUT2D eigenvalue weighted by Gasteiger charge is -2.08. The number of nitrogens with zero attached hydrogens (tertiary/aromatic N) is 1. The highest BCUT2D eigenvalue weighted by Crippen LogP contribution is 2.13. The number of nitrogens with one attached hydrogen (secondary N) is 2. The summed E-state index contributed by atoms with van der Waals surface area (Å²) in [5.41, 5.74) is 0.772. The van der Waals surface area contributed by atoms with E-state index in [4.69, 9.17) is 0 Å². The molecule has 4 heteroatoms. The maximum Gasteiger partial charge on any atom is 0.224 e. The molecule has 0 spiro atoms. The van der Waals surface area contributed by atoms with Crippen molar-refractivity contribution in [3.8, 4) is 0 Å². The van der Waals surface area contributed by atoms with Crippen molar-refractivity contribution in [2.45, 2.75) is 12.8 Å². The highest BCUT2D eigenvalue weighted by Gasteiger charge is 2.17. The SMILES string of the molecule is O=C(CC1CCNC1)Nc1cccnc1. The summed E-state index contributed by atoms with van der Waals surface area (Å²) in [4.78, 5) is 15.5. The first-order chi connectivity index (χ1) is 7.34. The van der Waals surface area contributed by atoms with Crippen LogP contribution in [0.25, 0.3) is 0 Å². The van der Waals surface area contributed by atoms with E-state index in [2.05, 4.69) is 15.6 Å². The monoisotopic (exact) mass is 205 g/mol. The fourth-order valence-electron chi connectivity index (χ4n) is 1.80. The molecule has 0 aromatic carbocycles. The number of anilines is 1. The average Bonchev–Trinajstić information content (AvgIpc) is 2.71. The third-order valence-corrected chi connectivity index (χ3v) is 2.58. The first-order valence-corrected chi connectivity index (χ1v) is 5.25. The number of carbonyl (C=O) groups excluding carboxylic acids is 1. The summed E-state index contributed by atoms with van der Waals surface area (Å²) in [5.74, 6) is 0.568. The number of hydrogen-bond acceptors (Lipinski definition) is 3. The summed E-state index contributed by atoms with van der Waals surface area (Å²) in [6.07, 6.45) is 5.05. The largest absolute Gasteiger partial charge is 0.325 e. The van der Waals surface area contributed by atoms with Crippen LogP contribution in [-0.2, 0) is 4.79 Å². The molecule has 1 fully saturated rings. The topological polar surface area (TPSA) is 54.0 Å². The molecule has 0 aliphatic carbocycles. The quantitative estimate of drug-likeness (QED) is 0.774. The lowest BCUT2D eigenvalue weighted by molar-refractivity contribution is -0.116. The molecule has 1 aromatic rings. The maximum absolute atomic E-state index is 11.6. The molecule has 4 nitrogen and oxygen atoms in total. The van der Waals surface area contributed by atoms with Crippen molar-refractivity contribution in [1.29, 1.82) is 0 Å². The number of rotatable bonds is 3. The minimum Gasteiger partial charge on any atom is -0.325 e. The van der Waals surface area contributed by atoms with Crippen molar-refractivity contribution in [3.63, 3.8) is 0 Å². The van der Waals surface area contributed by atoms with Crippen LogP contribution in [0.5, 0.6) is 0 Å². The van der Waals surface area contributed by atoms with Crippen LogP contribution in [0.4, 0.5) is 5.69 Å². The van der Waals surface area contributed by atoms with Crippen molar-refractivity contribution < 1.29 is 4.79 Å². The smallest absolute Gasteiger partial charge is 0.224 e. The van der Waals surface area contributed by atoms with Gasteiger partial charge in [0, 0.05) is 12.6 Å². The lowest BCUT2D eigenvalue weighted by Crippen LogP contribution is -2.18. The van der Waals surface area contributed by atoms with Gasteiger partial charge in [-0.25, -0.2) is 0 Å². The Morgan fingerprint density at radius 1 is 1.67 bits per heavy atom. The molecule has 1 atom stereocenters. The van der Waals surface area contributed by atoms with Gasteiger partial charge in [-0.2, -0.15) is 0 Å². The van der Waals surface area contributed by atoms with Gasteiger partial charge in [-0.1, -0.05) is 0 Å². The van der Waals surface area contributed by atoms with E-state index in [0.29, 0.717) is 12.3 Å². The fourth-order valence-corrected chi connectivity index (χ4v) is 1.80. The molecule has 2 heterocycles. The number of amides is 1. The summed E-state index contributed by atoms with van der Waals surface area (Å²) < 4.78 is 0. The van der Waals surface area contributed by atoms with Gasteiger partial charge in [0.15, 0.2) is 0 Å². The summed E-state index contributed by atoms with van der Waals surface area (Å²) in [6.45, 7) is 1.99. The molecule has 15 heavy (non-hydrogen) atoms. The predicted molar refractivity (Wildman–Crippen MR) is 58.5 cm³/mol. The Balaban J connectivity index is 1.82. The van der Waals surface area contributed by atoms with E-state index in [9.17, 15) is 4.79 Å². The van der Waals surface area contributed by atoms with Crippen molar-refractivity contribution >= 4 is 11.6 Å². The third kappa shape index (κ3) is 3.02. The van der Waals surface area contributed by atoms with Crippen LogP contribution in [0.15, 0.2) is 24.5 Å². The molecule has 80 valence electrons. The van der Waals surface area contributed by atoms with E-state index in [-0.39, 0.29) is 5.91 Å². The molecule has 1 aromatic heterocycles. The molecular formula is C11H15N3O. The molecule has 0 saturated carbocycles. The first kappa shape index (κ1) is 10.1. The van der Waals surface area contributed by atoms with E-state index in [1.54, 1.807) is 12.4 Å². The van der Waals surface area contributed by atoms with E-state index >= 15 is 0 Å². The number of carbonyl (C=O) groups is 1. The van der Waals surface area contributed by atoms with Crippen LogP contribution < -0.4 is 10.6 Å². The summed E-state index contributed by atoms with van der Waals surface area (Å²) in [5, 5.41) is 6.09. The van der Waals surface area contributed by atoms with E-state index in [0.717, 1.165) is 25.2 Å². The number of pyridine rings is 1. The van der Waals surface area contributed by atoms with Crippen molar-refractivity contribution in [3.05, 3.63) is 24.5 Å². The highest BCUT2D eigenvalue weighted by atomic mass is 16.1. The Bertz CT molecular complexity index is 320. The lowest BCUT2D eigenvalue weighted by atomic mass is 10.0. The second-order valence-electron chi connectivity index (χ2n) is 3.85. The van der Waals surface area contributed by atoms with Gasteiger partial charge in [0.25, 0.3) is 0 Å². The van der Waals surface area contributed by atoms with Crippen LogP contribution in [0, 0.1) is 5.92 Å². The predicted octanol–water partition coefficient (Wildman–Crippen LogP) is 1.02. The zero-order valence-electron chi connectivity index (χ0n) is 8.57. The van der Waals surface area contributed by atoms with Crippen LogP contribution in [0.1, 0.15) is 12.8 Å². The van der Waals surface area contributed by atoms with Gasteiger partial charge >= 0.3 is 0 Å². The number of hydrogen-bond donors (Lipinski definition) is 2. The maximum atomic E-state index is 11.6. The molecule has 0 radical (unpaired) electrons. The first-order valence-electron chi connectivity index (χ1n) is 5.25. The summed E-state index contributed by atoms with van der Waals surface area (Å²) in [6, 6.07) is 3.66. The second kappa shape index (κ2) is 4.89. The Hall–Kier alpha value is -1.42. The van der Waals surface area contributed by atoms with Gasteiger partial charge in [0.2, 0.25) is 5.91 Å². The van der Waals surface area contributed by atoms with E-state index in [1.807, 2.05) is 12.1 Å². The van der Waals surface area contributed by atoms with Crippen LogP contribution in [-0.4, -0.2) is 24.0 Å². The summed E-state index contributed by atoms with van der Waals surface area (Å²) >= 11 is 0. The van der Waals surface area contributed by atoms with Crippen molar-refractivity contribution in [2.24, 2.45) is 5.92 Å². The molecule has 1 amide bonds. The van der Waals surface area contributed by atoms with Crippen LogP contribution in [0.2, 0.25) is 0 Å². The van der Waals surface area contributed by atoms with Gasteiger partial charge in [0.1, 0.15) is 0 Å². The molecule has 2 N–H and O–H groups in total. The van der Waals surface area contributed by atoms with Crippen LogP contribution in [0.3, 0.4) is 0 Å². The van der Waals surface area contributed by atoms with Gasteiger partial charge < -0.3 is 10.6 Å². The normalized spacial score (nSPS) is 20.1. The standard InChI is InChI=1S/C11H15N3O/c15-11(6-9-3-5-13-7-9)14-10-2-1-4-12-8-10/h1-2,4,8-9,13H,3,5-7H2,(H,14,15). The average molecular weight is 205 g/mol. The highest BCUT2D eigenvalue weighted by molar-refractivity contribution is 5.90. The molecule has 0 bridgehead atoms.